The van der Waals surface area contributed by atoms with Gasteiger partial charge in [-0.25, -0.2) is 4.39 Å². The van der Waals surface area contributed by atoms with Gasteiger partial charge in [0.15, 0.2) is 0 Å². The summed E-state index contributed by atoms with van der Waals surface area (Å²) in [6.45, 7) is 2.20. The number of hydrogen-bond donors (Lipinski definition) is 1. The molecule has 0 aliphatic heterocycles. The number of carbonyl (C=O) groups is 1. The molecule has 3 rings (SSSR count). The first-order chi connectivity index (χ1) is 12.6. The van der Waals surface area contributed by atoms with Crippen LogP contribution in [0.5, 0.6) is 0 Å². The Morgan fingerprint density at radius 1 is 1.12 bits per heavy atom. The Kier molecular flexibility index (Phi) is 5.73. The zero-order valence-corrected chi connectivity index (χ0v) is 14.5. The highest BCUT2D eigenvalue weighted by Crippen LogP contribution is 2.26. The van der Waals surface area contributed by atoms with Crippen molar-refractivity contribution in [1.82, 2.24) is 15.5 Å². The third kappa shape index (κ3) is 4.75. The van der Waals surface area contributed by atoms with Crippen molar-refractivity contribution in [3.63, 3.8) is 0 Å². The molecule has 1 N–H and O–H groups in total. The van der Waals surface area contributed by atoms with E-state index in [2.05, 4.69) is 15.5 Å². The van der Waals surface area contributed by atoms with Crippen LogP contribution in [0.4, 0.5) is 4.39 Å². The molecule has 134 valence electrons. The Labute approximate surface area is 151 Å². The third-order valence-corrected chi connectivity index (χ3v) is 4.08. The van der Waals surface area contributed by atoms with Crippen molar-refractivity contribution < 1.29 is 13.6 Å². The van der Waals surface area contributed by atoms with Crippen LogP contribution in [0.15, 0.2) is 59.0 Å². The first-order valence-electron chi connectivity index (χ1n) is 8.48. The van der Waals surface area contributed by atoms with Crippen molar-refractivity contribution in [1.29, 1.82) is 0 Å². The standard InChI is InChI=1S/C20H20FN3O2/c1-14-23-24-20(26-14)18(16-5-3-2-4-6-16)13-19(25)22-12-11-15-7-9-17(21)10-8-15/h2-10,18H,11-13H2,1H3,(H,22,25). The Morgan fingerprint density at radius 2 is 1.85 bits per heavy atom. The zero-order chi connectivity index (χ0) is 18.4. The molecular formula is C20H20FN3O2. The Bertz CT molecular complexity index is 847. The van der Waals surface area contributed by atoms with Gasteiger partial charge in [-0.2, -0.15) is 0 Å². The quantitative estimate of drug-likeness (QED) is 0.707. The number of aromatic nitrogens is 2. The molecule has 0 saturated carbocycles. The number of hydrogen-bond acceptors (Lipinski definition) is 4. The Hall–Kier alpha value is -3.02. The SMILES string of the molecule is Cc1nnc(C(CC(=O)NCCc2ccc(F)cc2)c2ccccc2)o1. The van der Waals surface area contributed by atoms with E-state index in [1.807, 2.05) is 30.3 Å². The molecule has 1 unspecified atom stereocenters. The molecule has 0 radical (unpaired) electrons. The lowest BCUT2D eigenvalue weighted by Gasteiger charge is -2.13. The van der Waals surface area contributed by atoms with Crippen LogP contribution >= 0.6 is 0 Å². The van der Waals surface area contributed by atoms with Crippen molar-refractivity contribution in [2.24, 2.45) is 0 Å². The van der Waals surface area contributed by atoms with E-state index in [4.69, 9.17) is 4.42 Å². The van der Waals surface area contributed by atoms with Gasteiger partial charge in [0.25, 0.3) is 0 Å². The maximum Gasteiger partial charge on any atom is 0.224 e. The fourth-order valence-corrected chi connectivity index (χ4v) is 2.74. The van der Waals surface area contributed by atoms with Crippen LogP contribution in [-0.4, -0.2) is 22.6 Å². The van der Waals surface area contributed by atoms with E-state index in [9.17, 15) is 9.18 Å². The van der Waals surface area contributed by atoms with Gasteiger partial charge in [0.05, 0.1) is 5.92 Å². The summed E-state index contributed by atoms with van der Waals surface area (Å²) in [5.41, 5.74) is 1.92. The summed E-state index contributed by atoms with van der Waals surface area (Å²) >= 11 is 0. The van der Waals surface area contributed by atoms with Gasteiger partial charge in [-0.15, -0.1) is 10.2 Å². The fraction of sp³-hybridized carbons (Fsp3) is 0.250. The normalized spacial score (nSPS) is 11.9. The Morgan fingerprint density at radius 3 is 2.50 bits per heavy atom. The van der Waals surface area contributed by atoms with Crippen LogP contribution in [0.1, 0.15) is 35.2 Å². The number of aryl methyl sites for hydroxylation is 1. The minimum absolute atomic E-state index is 0.100. The molecule has 0 spiro atoms. The largest absolute Gasteiger partial charge is 0.425 e. The van der Waals surface area contributed by atoms with Gasteiger partial charge in [-0.05, 0) is 29.7 Å². The molecule has 1 atom stereocenters. The second kappa shape index (κ2) is 8.38. The van der Waals surface area contributed by atoms with Crippen LogP contribution in [0, 0.1) is 12.7 Å². The number of benzene rings is 2. The molecule has 3 aromatic rings. The van der Waals surface area contributed by atoms with Crippen molar-refractivity contribution in [3.05, 3.63) is 83.3 Å². The van der Waals surface area contributed by atoms with Crippen LogP contribution in [-0.2, 0) is 11.2 Å². The van der Waals surface area contributed by atoms with E-state index in [0.29, 0.717) is 24.7 Å². The van der Waals surface area contributed by atoms with Crippen molar-refractivity contribution in [2.45, 2.75) is 25.7 Å². The first kappa shape index (κ1) is 17.8. The summed E-state index contributed by atoms with van der Waals surface area (Å²) in [5, 5.41) is 10.8. The lowest BCUT2D eigenvalue weighted by Crippen LogP contribution is -2.27. The topological polar surface area (TPSA) is 68.0 Å². The minimum atomic E-state index is -0.289. The number of rotatable bonds is 7. The molecule has 26 heavy (non-hydrogen) atoms. The minimum Gasteiger partial charge on any atom is -0.425 e. The highest BCUT2D eigenvalue weighted by Gasteiger charge is 2.23. The molecule has 0 aliphatic rings. The molecule has 1 aromatic heterocycles. The number of amides is 1. The van der Waals surface area contributed by atoms with Gasteiger partial charge in [0, 0.05) is 19.9 Å². The highest BCUT2D eigenvalue weighted by atomic mass is 19.1. The third-order valence-electron chi connectivity index (χ3n) is 4.08. The molecule has 6 heteroatoms. The average Bonchev–Trinajstić information content (AvgIpc) is 3.08. The maximum absolute atomic E-state index is 12.9. The number of carbonyl (C=O) groups excluding carboxylic acids is 1. The summed E-state index contributed by atoms with van der Waals surface area (Å²) < 4.78 is 18.5. The first-order valence-corrected chi connectivity index (χ1v) is 8.48. The van der Waals surface area contributed by atoms with Gasteiger partial charge in [-0.1, -0.05) is 42.5 Å². The number of nitrogens with zero attached hydrogens (tertiary/aromatic N) is 2. The van der Waals surface area contributed by atoms with Crippen LogP contribution in [0.25, 0.3) is 0 Å². The molecule has 0 fully saturated rings. The van der Waals surface area contributed by atoms with Gasteiger partial charge in [-0.3, -0.25) is 4.79 Å². The molecule has 1 heterocycles. The van der Waals surface area contributed by atoms with Crippen molar-refractivity contribution in [3.8, 4) is 0 Å². The van der Waals surface area contributed by atoms with Gasteiger partial charge in [0.2, 0.25) is 17.7 Å². The molecule has 5 nitrogen and oxygen atoms in total. The second-order valence-corrected chi connectivity index (χ2v) is 6.05. The predicted molar refractivity (Wildman–Crippen MR) is 95.1 cm³/mol. The van der Waals surface area contributed by atoms with E-state index in [0.717, 1.165) is 11.1 Å². The molecule has 2 aromatic carbocycles. The van der Waals surface area contributed by atoms with E-state index < -0.39 is 0 Å². The van der Waals surface area contributed by atoms with Crippen molar-refractivity contribution in [2.75, 3.05) is 6.54 Å². The van der Waals surface area contributed by atoms with E-state index >= 15 is 0 Å². The fourth-order valence-electron chi connectivity index (χ4n) is 2.74. The summed E-state index contributed by atoms with van der Waals surface area (Å²) in [6.07, 6.45) is 0.858. The summed E-state index contributed by atoms with van der Waals surface area (Å²) in [4.78, 5) is 12.4. The molecular weight excluding hydrogens is 333 g/mol. The molecule has 1 amide bonds. The predicted octanol–water partition coefficient (Wildman–Crippen LogP) is 3.40. The smallest absolute Gasteiger partial charge is 0.224 e. The van der Waals surface area contributed by atoms with Crippen LogP contribution < -0.4 is 5.32 Å². The number of halogens is 1. The molecule has 0 saturated heterocycles. The Balaban J connectivity index is 1.61. The summed E-state index contributed by atoms with van der Waals surface area (Å²) in [7, 11) is 0. The average molecular weight is 353 g/mol. The zero-order valence-electron chi connectivity index (χ0n) is 14.5. The van der Waals surface area contributed by atoms with Gasteiger partial charge < -0.3 is 9.73 Å². The van der Waals surface area contributed by atoms with Crippen LogP contribution in [0.3, 0.4) is 0 Å². The van der Waals surface area contributed by atoms with Crippen molar-refractivity contribution >= 4 is 5.91 Å². The highest BCUT2D eigenvalue weighted by molar-refractivity contribution is 5.77. The second-order valence-electron chi connectivity index (χ2n) is 6.05. The summed E-state index contributed by atoms with van der Waals surface area (Å²) in [5.74, 6) is 0.249. The maximum atomic E-state index is 12.9. The van der Waals surface area contributed by atoms with Crippen LogP contribution in [0.2, 0.25) is 0 Å². The lowest BCUT2D eigenvalue weighted by atomic mass is 9.95. The lowest BCUT2D eigenvalue weighted by molar-refractivity contribution is -0.121. The molecule has 0 bridgehead atoms. The molecule has 0 aliphatic carbocycles. The monoisotopic (exact) mass is 353 g/mol. The van der Waals surface area contributed by atoms with E-state index in [1.54, 1.807) is 19.1 Å². The summed E-state index contributed by atoms with van der Waals surface area (Å²) in [6, 6.07) is 15.9. The van der Waals surface area contributed by atoms with Gasteiger partial charge >= 0.3 is 0 Å². The van der Waals surface area contributed by atoms with E-state index in [-0.39, 0.29) is 24.1 Å². The van der Waals surface area contributed by atoms with E-state index in [1.165, 1.54) is 12.1 Å². The number of nitrogens with one attached hydrogen (secondary N) is 1. The van der Waals surface area contributed by atoms with Gasteiger partial charge in [0.1, 0.15) is 5.82 Å².